The molecule has 6 rings (SSSR count). The molecule has 230 valence electrons. The number of nitrogens with zero attached hydrogens (tertiary/aromatic N) is 5. The SMILES string of the molecule is COc1ccc(-c2nnn(CC(=O)N(c3ccc4c(c3)OCCO4)[C@H](C(=O)NC3CCCCC3)c3ccco3)n2)cc1OC. The number of hydrogen-bond donors (Lipinski definition) is 1. The number of tetrazole rings is 1. The van der Waals surface area contributed by atoms with Crippen LogP contribution in [0.25, 0.3) is 11.4 Å². The van der Waals surface area contributed by atoms with Gasteiger partial charge in [0.2, 0.25) is 5.82 Å². The van der Waals surface area contributed by atoms with Crippen molar-refractivity contribution in [1.29, 1.82) is 0 Å². The van der Waals surface area contributed by atoms with Gasteiger partial charge in [-0.2, -0.15) is 4.80 Å². The van der Waals surface area contributed by atoms with Gasteiger partial charge in [-0.25, -0.2) is 0 Å². The number of anilines is 1. The summed E-state index contributed by atoms with van der Waals surface area (Å²) in [6, 6.07) is 12.7. The topological polar surface area (TPSA) is 143 Å². The molecule has 1 saturated carbocycles. The number of carbonyl (C=O) groups excluding carboxylic acids is 2. The Morgan fingerprint density at radius 2 is 1.80 bits per heavy atom. The third-order valence-corrected chi connectivity index (χ3v) is 7.71. The lowest BCUT2D eigenvalue weighted by molar-refractivity contribution is -0.128. The fourth-order valence-electron chi connectivity index (χ4n) is 5.56. The highest BCUT2D eigenvalue weighted by molar-refractivity contribution is 6.01. The molecule has 4 aromatic rings. The molecule has 13 heteroatoms. The third kappa shape index (κ3) is 6.17. The third-order valence-electron chi connectivity index (χ3n) is 7.71. The Kier molecular flexibility index (Phi) is 8.62. The normalized spacial score (nSPS) is 15.3. The van der Waals surface area contributed by atoms with E-state index in [2.05, 4.69) is 20.7 Å². The molecule has 13 nitrogen and oxygen atoms in total. The maximum atomic E-state index is 14.2. The zero-order valence-electron chi connectivity index (χ0n) is 24.6. The van der Waals surface area contributed by atoms with Crippen LogP contribution in [0.1, 0.15) is 43.9 Å². The monoisotopic (exact) mass is 602 g/mol. The molecular formula is C31H34N6O7. The molecule has 0 unspecified atom stereocenters. The van der Waals surface area contributed by atoms with Crippen molar-refractivity contribution >= 4 is 17.5 Å². The van der Waals surface area contributed by atoms with Crippen LogP contribution in [-0.4, -0.2) is 65.5 Å². The minimum atomic E-state index is -1.10. The molecule has 0 saturated heterocycles. The molecule has 0 spiro atoms. The van der Waals surface area contributed by atoms with Crippen molar-refractivity contribution in [3.05, 3.63) is 60.6 Å². The lowest BCUT2D eigenvalue weighted by atomic mass is 9.95. The van der Waals surface area contributed by atoms with Crippen LogP contribution in [0.5, 0.6) is 23.0 Å². The summed E-state index contributed by atoms with van der Waals surface area (Å²) >= 11 is 0. The van der Waals surface area contributed by atoms with E-state index in [0.717, 1.165) is 32.1 Å². The number of benzene rings is 2. The molecule has 0 bridgehead atoms. The fraction of sp³-hybridized carbons (Fsp3) is 0.387. The van der Waals surface area contributed by atoms with Gasteiger partial charge >= 0.3 is 0 Å². The van der Waals surface area contributed by atoms with E-state index in [-0.39, 0.29) is 18.5 Å². The number of furan rings is 1. The van der Waals surface area contributed by atoms with Gasteiger partial charge in [0.1, 0.15) is 25.5 Å². The first-order valence-corrected chi connectivity index (χ1v) is 14.6. The molecule has 44 heavy (non-hydrogen) atoms. The van der Waals surface area contributed by atoms with E-state index >= 15 is 0 Å². The Labute approximate surface area is 254 Å². The molecule has 1 atom stereocenters. The molecule has 2 aliphatic rings. The molecular weight excluding hydrogens is 568 g/mol. The summed E-state index contributed by atoms with van der Waals surface area (Å²) in [5.41, 5.74) is 1.06. The predicted octanol–water partition coefficient (Wildman–Crippen LogP) is 3.94. The minimum absolute atomic E-state index is 0.0203. The Bertz CT molecular complexity index is 1600. The highest BCUT2D eigenvalue weighted by atomic mass is 16.6. The van der Waals surface area contributed by atoms with Gasteiger partial charge in [0.05, 0.1) is 20.5 Å². The van der Waals surface area contributed by atoms with Gasteiger partial charge in [-0.05, 0) is 60.5 Å². The number of nitrogens with one attached hydrogen (secondary N) is 1. The van der Waals surface area contributed by atoms with Crippen LogP contribution in [0.2, 0.25) is 0 Å². The number of aromatic nitrogens is 4. The Hall–Kier alpha value is -5.07. The number of ether oxygens (including phenoxy) is 4. The lowest BCUT2D eigenvalue weighted by Crippen LogP contribution is -2.48. The van der Waals surface area contributed by atoms with Crippen LogP contribution in [-0.2, 0) is 16.1 Å². The average molecular weight is 603 g/mol. The van der Waals surface area contributed by atoms with Crippen LogP contribution in [0.3, 0.4) is 0 Å². The minimum Gasteiger partial charge on any atom is -0.493 e. The Morgan fingerprint density at radius 3 is 2.55 bits per heavy atom. The molecule has 1 fully saturated rings. The second kappa shape index (κ2) is 13.1. The molecule has 1 aliphatic heterocycles. The van der Waals surface area contributed by atoms with Crippen molar-refractivity contribution in [2.24, 2.45) is 0 Å². The summed E-state index contributed by atoms with van der Waals surface area (Å²) in [5.74, 6) is 1.92. The summed E-state index contributed by atoms with van der Waals surface area (Å²) in [7, 11) is 3.09. The van der Waals surface area contributed by atoms with Gasteiger partial charge in [-0.1, -0.05) is 19.3 Å². The highest BCUT2D eigenvalue weighted by Crippen LogP contribution is 2.38. The number of carbonyl (C=O) groups is 2. The van der Waals surface area contributed by atoms with Gasteiger partial charge in [-0.3, -0.25) is 14.5 Å². The number of hydrogen-bond acceptors (Lipinski definition) is 10. The van der Waals surface area contributed by atoms with Gasteiger partial charge in [0.25, 0.3) is 11.8 Å². The standard InChI is InChI=1S/C31H34N6O7/c1-40-23-12-10-20(17-26(23)41-2)30-33-35-36(34-30)19-28(38)37(22-11-13-24-27(18-22)44-16-15-43-24)29(25-9-6-14-42-25)31(39)32-21-7-4-3-5-8-21/h6,9-14,17-18,21,29H,3-5,7-8,15-16,19H2,1-2H3,(H,32,39)/t29-/m0/s1. The number of amides is 2. The quantitative estimate of drug-likeness (QED) is 0.283. The largest absolute Gasteiger partial charge is 0.493 e. The van der Waals surface area contributed by atoms with E-state index in [1.165, 1.54) is 23.1 Å². The molecule has 2 amide bonds. The molecule has 2 aromatic heterocycles. The van der Waals surface area contributed by atoms with Crippen molar-refractivity contribution in [1.82, 2.24) is 25.5 Å². The number of methoxy groups -OCH3 is 2. The fourth-order valence-corrected chi connectivity index (χ4v) is 5.56. The summed E-state index contributed by atoms with van der Waals surface area (Å²) in [5, 5.41) is 15.9. The van der Waals surface area contributed by atoms with Crippen molar-refractivity contribution in [3.8, 4) is 34.4 Å². The van der Waals surface area contributed by atoms with Crippen LogP contribution in [0, 0.1) is 0 Å². The second-order valence-corrected chi connectivity index (χ2v) is 10.6. The first-order valence-electron chi connectivity index (χ1n) is 14.6. The maximum Gasteiger partial charge on any atom is 0.251 e. The molecule has 0 radical (unpaired) electrons. The van der Waals surface area contributed by atoms with E-state index in [1.807, 2.05) is 0 Å². The predicted molar refractivity (Wildman–Crippen MR) is 158 cm³/mol. The maximum absolute atomic E-state index is 14.2. The second-order valence-electron chi connectivity index (χ2n) is 10.6. The number of fused-ring (bicyclic) bond motifs is 1. The zero-order valence-corrected chi connectivity index (χ0v) is 24.6. The van der Waals surface area contributed by atoms with Crippen molar-refractivity contribution in [2.75, 3.05) is 32.3 Å². The molecule has 1 aliphatic carbocycles. The summed E-state index contributed by atoms with van der Waals surface area (Å²) < 4.78 is 28.0. The van der Waals surface area contributed by atoms with Gasteiger partial charge < -0.3 is 28.7 Å². The van der Waals surface area contributed by atoms with Crippen LogP contribution in [0.4, 0.5) is 5.69 Å². The number of rotatable bonds is 10. The van der Waals surface area contributed by atoms with E-state index < -0.39 is 11.9 Å². The smallest absolute Gasteiger partial charge is 0.251 e. The zero-order chi connectivity index (χ0) is 30.5. The van der Waals surface area contributed by atoms with Crippen LogP contribution < -0.4 is 29.2 Å². The van der Waals surface area contributed by atoms with E-state index in [0.29, 0.717) is 59.0 Å². The first kappa shape index (κ1) is 29.0. The Morgan fingerprint density at radius 1 is 1.00 bits per heavy atom. The summed E-state index contributed by atoms with van der Waals surface area (Å²) in [4.78, 5) is 30.8. The molecule has 3 heterocycles. The summed E-state index contributed by atoms with van der Waals surface area (Å²) in [6.45, 7) is 0.493. The van der Waals surface area contributed by atoms with E-state index in [1.54, 1.807) is 55.6 Å². The molecule has 2 aromatic carbocycles. The van der Waals surface area contributed by atoms with Crippen molar-refractivity contribution in [2.45, 2.75) is 50.7 Å². The lowest BCUT2D eigenvalue weighted by Gasteiger charge is -2.32. The van der Waals surface area contributed by atoms with Crippen LogP contribution >= 0.6 is 0 Å². The average Bonchev–Trinajstić information content (AvgIpc) is 3.76. The molecule has 1 N–H and O–H groups in total. The highest BCUT2D eigenvalue weighted by Gasteiger charge is 2.37. The van der Waals surface area contributed by atoms with Gasteiger partial charge in [-0.15, -0.1) is 10.2 Å². The van der Waals surface area contributed by atoms with Crippen molar-refractivity contribution in [3.63, 3.8) is 0 Å². The first-order chi connectivity index (χ1) is 21.5. The van der Waals surface area contributed by atoms with E-state index in [9.17, 15) is 9.59 Å². The van der Waals surface area contributed by atoms with Gasteiger partial charge in [0, 0.05) is 23.4 Å². The van der Waals surface area contributed by atoms with Gasteiger partial charge in [0.15, 0.2) is 29.0 Å². The van der Waals surface area contributed by atoms with Crippen molar-refractivity contribution < 1.29 is 33.0 Å². The Balaban J connectivity index is 1.33. The van der Waals surface area contributed by atoms with Crippen LogP contribution in [0.15, 0.2) is 59.2 Å². The summed E-state index contributed by atoms with van der Waals surface area (Å²) in [6.07, 6.45) is 6.49. The van der Waals surface area contributed by atoms with E-state index in [4.69, 9.17) is 23.4 Å².